The number of carbonyl (C=O) groups excluding carboxylic acids is 1. The number of ether oxygens (including phenoxy) is 2. The summed E-state index contributed by atoms with van der Waals surface area (Å²) in [7, 11) is 1.56. The lowest BCUT2D eigenvalue weighted by molar-refractivity contribution is 0.0399. The van der Waals surface area contributed by atoms with E-state index >= 15 is 0 Å². The fourth-order valence-corrected chi connectivity index (χ4v) is 3.18. The fraction of sp³-hybridized carbons (Fsp3) is 0.0800. The van der Waals surface area contributed by atoms with Crippen LogP contribution in [0.5, 0.6) is 5.75 Å². The topological polar surface area (TPSA) is 66.2 Å². The molecule has 4 rings (SSSR count). The Labute approximate surface area is 180 Å². The highest BCUT2D eigenvalue weighted by molar-refractivity contribution is 5.91. The zero-order chi connectivity index (χ0) is 21.5. The molecule has 154 valence electrons. The Hall–Kier alpha value is -4.19. The number of esters is 1. The third kappa shape index (κ3) is 4.87. The van der Waals surface area contributed by atoms with E-state index in [4.69, 9.17) is 9.47 Å². The SMILES string of the molecule is COc1cccc(C(=O)OC(/C(=C\c2ccccc2)n2cncn2)c2ccccc2)c1. The summed E-state index contributed by atoms with van der Waals surface area (Å²) >= 11 is 0. The Bertz CT molecular complexity index is 1160. The van der Waals surface area contributed by atoms with Gasteiger partial charge in [0.25, 0.3) is 0 Å². The van der Waals surface area contributed by atoms with Gasteiger partial charge in [-0.2, -0.15) is 5.10 Å². The molecule has 0 saturated carbocycles. The van der Waals surface area contributed by atoms with Crippen LogP contribution in [0.2, 0.25) is 0 Å². The first-order valence-corrected chi connectivity index (χ1v) is 9.76. The highest BCUT2D eigenvalue weighted by atomic mass is 16.5. The van der Waals surface area contributed by atoms with Crippen molar-refractivity contribution < 1.29 is 14.3 Å². The number of nitrogens with zero attached hydrogens (tertiary/aromatic N) is 3. The Balaban J connectivity index is 1.77. The van der Waals surface area contributed by atoms with Gasteiger partial charge < -0.3 is 9.47 Å². The maximum Gasteiger partial charge on any atom is 0.339 e. The van der Waals surface area contributed by atoms with Crippen molar-refractivity contribution in [3.8, 4) is 5.75 Å². The smallest absolute Gasteiger partial charge is 0.339 e. The first-order chi connectivity index (χ1) is 15.2. The maximum atomic E-state index is 13.1. The molecule has 0 amide bonds. The van der Waals surface area contributed by atoms with Crippen LogP contribution in [-0.2, 0) is 4.74 Å². The van der Waals surface area contributed by atoms with Gasteiger partial charge in [0.15, 0.2) is 6.10 Å². The Morgan fingerprint density at radius 3 is 2.39 bits per heavy atom. The van der Waals surface area contributed by atoms with Crippen LogP contribution in [0.1, 0.15) is 27.6 Å². The van der Waals surface area contributed by atoms with Gasteiger partial charge in [0.05, 0.1) is 18.4 Å². The van der Waals surface area contributed by atoms with E-state index in [0.29, 0.717) is 17.0 Å². The molecule has 0 saturated heterocycles. The zero-order valence-corrected chi connectivity index (χ0v) is 17.0. The molecule has 0 aliphatic carbocycles. The molecule has 6 nitrogen and oxygen atoms in total. The quantitative estimate of drug-likeness (QED) is 0.405. The average molecular weight is 411 g/mol. The lowest BCUT2D eigenvalue weighted by Gasteiger charge is -2.22. The minimum Gasteiger partial charge on any atom is -0.497 e. The highest BCUT2D eigenvalue weighted by Crippen LogP contribution is 2.32. The number of methoxy groups -OCH3 is 1. The first kappa shape index (κ1) is 20.1. The van der Waals surface area contributed by atoms with E-state index in [2.05, 4.69) is 10.1 Å². The molecule has 0 radical (unpaired) electrons. The highest BCUT2D eigenvalue weighted by Gasteiger charge is 2.24. The van der Waals surface area contributed by atoms with Gasteiger partial charge in [0.2, 0.25) is 0 Å². The van der Waals surface area contributed by atoms with Gasteiger partial charge >= 0.3 is 5.97 Å². The number of aromatic nitrogens is 3. The molecule has 0 bridgehead atoms. The fourth-order valence-electron chi connectivity index (χ4n) is 3.18. The van der Waals surface area contributed by atoms with Crippen LogP contribution in [0, 0.1) is 0 Å². The third-order valence-electron chi connectivity index (χ3n) is 4.70. The number of rotatable bonds is 7. The lowest BCUT2D eigenvalue weighted by Crippen LogP contribution is -2.17. The molecule has 31 heavy (non-hydrogen) atoms. The monoisotopic (exact) mass is 411 g/mol. The van der Waals surface area contributed by atoms with Crippen molar-refractivity contribution in [2.75, 3.05) is 7.11 Å². The van der Waals surface area contributed by atoms with E-state index in [9.17, 15) is 4.79 Å². The Morgan fingerprint density at radius 1 is 0.968 bits per heavy atom. The van der Waals surface area contributed by atoms with Crippen LogP contribution >= 0.6 is 0 Å². The van der Waals surface area contributed by atoms with Crippen LogP contribution in [0.4, 0.5) is 0 Å². The summed E-state index contributed by atoms with van der Waals surface area (Å²) < 4.78 is 12.9. The summed E-state index contributed by atoms with van der Waals surface area (Å²) in [5, 5.41) is 4.29. The first-order valence-electron chi connectivity index (χ1n) is 9.76. The van der Waals surface area contributed by atoms with Gasteiger partial charge in [-0.15, -0.1) is 0 Å². The minimum atomic E-state index is -0.707. The second-order valence-electron chi connectivity index (χ2n) is 6.75. The van der Waals surface area contributed by atoms with Crippen molar-refractivity contribution in [2.24, 2.45) is 0 Å². The molecule has 1 heterocycles. The zero-order valence-electron chi connectivity index (χ0n) is 17.0. The molecule has 1 atom stereocenters. The van der Waals surface area contributed by atoms with Crippen LogP contribution in [0.25, 0.3) is 11.8 Å². The summed E-state index contributed by atoms with van der Waals surface area (Å²) in [5.74, 6) is 0.119. The van der Waals surface area contributed by atoms with Gasteiger partial charge in [-0.05, 0) is 35.4 Å². The van der Waals surface area contributed by atoms with E-state index in [1.54, 1.807) is 42.4 Å². The normalized spacial score (nSPS) is 12.2. The maximum absolute atomic E-state index is 13.1. The molecule has 0 spiro atoms. The predicted octanol–water partition coefficient (Wildman–Crippen LogP) is 4.88. The summed E-state index contributed by atoms with van der Waals surface area (Å²) in [5.41, 5.74) is 2.83. The van der Waals surface area contributed by atoms with Gasteiger partial charge in [-0.3, -0.25) is 0 Å². The molecule has 1 unspecified atom stereocenters. The summed E-state index contributed by atoms with van der Waals surface area (Å²) in [6.07, 6.45) is 4.27. The molecule has 4 aromatic rings. The Morgan fingerprint density at radius 2 is 1.71 bits per heavy atom. The molecule has 0 aliphatic rings. The second-order valence-corrected chi connectivity index (χ2v) is 6.75. The molecule has 0 N–H and O–H groups in total. The number of hydrogen-bond donors (Lipinski definition) is 0. The number of benzene rings is 3. The Kier molecular flexibility index (Phi) is 6.18. The minimum absolute atomic E-state index is 0.401. The van der Waals surface area contributed by atoms with E-state index in [-0.39, 0.29) is 0 Å². The largest absolute Gasteiger partial charge is 0.497 e. The summed E-state index contributed by atoms with van der Waals surface area (Å²) in [6.45, 7) is 0. The van der Waals surface area contributed by atoms with Crippen molar-refractivity contribution in [3.05, 3.63) is 114 Å². The lowest BCUT2D eigenvalue weighted by atomic mass is 10.0. The molecule has 0 fully saturated rings. The summed E-state index contributed by atoms with van der Waals surface area (Å²) in [6, 6.07) is 26.2. The van der Waals surface area contributed by atoms with Crippen molar-refractivity contribution in [1.82, 2.24) is 14.8 Å². The van der Waals surface area contributed by atoms with E-state index in [0.717, 1.165) is 11.1 Å². The van der Waals surface area contributed by atoms with Crippen LogP contribution in [-0.4, -0.2) is 27.8 Å². The molecule has 0 aliphatic heterocycles. The van der Waals surface area contributed by atoms with Crippen LogP contribution < -0.4 is 4.74 Å². The van der Waals surface area contributed by atoms with Crippen LogP contribution in [0.3, 0.4) is 0 Å². The van der Waals surface area contributed by atoms with Gasteiger partial charge in [0.1, 0.15) is 18.4 Å². The second kappa shape index (κ2) is 9.54. The third-order valence-corrected chi connectivity index (χ3v) is 4.70. The average Bonchev–Trinajstić information content (AvgIpc) is 3.37. The standard InChI is InChI=1S/C25H21N3O3/c1-30-22-14-8-13-21(16-22)25(29)31-24(20-11-6-3-7-12-20)23(28-18-26-17-27-28)15-19-9-4-2-5-10-19/h2-18,24H,1H3/b23-15+. The molecule has 1 aromatic heterocycles. The molecular formula is C25H21N3O3. The molecular weight excluding hydrogens is 390 g/mol. The van der Waals surface area contributed by atoms with Crippen molar-refractivity contribution in [1.29, 1.82) is 0 Å². The number of carbonyl (C=O) groups is 1. The van der Waals surface area contributed by atoms with Gasteiger partial charge in [-0.25, -0.2) is 14.5 Å². The summed E-state index contributed by atoms with van der Waals surface area (Å²) in [4.78, 5) is 17.1. The van der Waals surface area contributed by atoms with E-state index < -0.39 is 12.1 Å². The van der Waals surface area contributed by atoms with Gasteiger partial charge in [0, 0.05) is 0 Å². The van der Waals surface area contributed by atoms with Crippen molar-refractivity contribution in [2.45, 2.75) is 6.10 Å². The predicted molar refractivity (Wildman–Crippen MR) is 118 cm³/mol. The molecule has 6 heteroatoms. The molecule has 3 aromatic carbocycles. The van der Waals surface area contributed by atoms with Crippen LogP contribution in [0.15, 0.2) is 97.6 Å². The van der Waals surface area contributed by atoms with Crippen molar-refractivity contribution >= 4 is 17.7 Å². The number of hydrogen-bond acceptors (Lipinski definition) is 5. The van der Waals surface area contributed by atoms with Crippen molar-refractivity contribution in [3.63, 3.8) is 0 Å². The van der Waals surface area contributed by atoms with E-state index in [1.165, 1.54) is 6.33 Å². The van der Waals surface area contributed by atoms with E-state index in [1.807, 2.05) is 66.7 Å². The van der Waals surface area contributed by atoms with Gasteiger partial charge in [-0.1, -0.05) is 66.7 Å².